The van der Waals surface area contributed by atoms with E-state index in [1.54, 1.807) is 48.5 Å². The summed E-state index contributed by atoms with van der Waals surface area (Å²) in [6.45, 7) is 2.38. The maximum Gasteiger partial charge on any atom is 0.300 e. The zero-order valence-electron chi connectivity index (χ0n) is 16.8. The summed E-state index contributed by atoms with van der Waals surface area (Å²) in [6, 6.07) is 20.1. The van der Waals surface area contributed by atoms with E-state index in [2.05, 4.69) is 0 Å². The lowest BCUT2D eigenvalue weighted by Gasteiger charge is -2.25. The van der Waals surface area contributed by atoms with Crippen LogP contribution in [-0.2, 0) is 9.59 Å². The van der Waals surface area contributed by atoms with Gasteiger partial charge in [-0.05, 0) is 61.0 Å². The van der Waals surface area contributed by atoms with Gasteiger partial charge < -0.3 is 9.84 Å². The maximum atomic E-state index is 13.4. The van der Waals surface area contributed by atoms with Crippen molar-refractivity contribution >= 4 is 23.1 Å². The van der Waals surface area contributed by atoms with Crippen molar-refractivity contribution in [3.63, 3.8) is 0 Å². The van der Waals surface area contributed by atoms with Gasteiger partial charge in [0.15, 0.2) is 0 Å². The molecule has 1 amide bonds. The summed E-state index contributed by atoms with van der Waals surface area (Å²) in [4.78, 5) is 27.4. The SMILES string of the molecule is CCOc1ccc(C2/C(=C(/O)c3ccc(F)cc3)C(=O)C(=O)N2c2ccccc2)cc1. The smallest absolute Gasteiger partial charge is 0.300 e. The van der Waals surface area contributed by atoms with Crippen molar-refractivity contribution in [3.8, 4) is 5.75 Å². The highest BCUT2D eigenvalue weighted by Gasteiger charge is 2.46. The van der Waals surface area contributed by atoms with E-state index in [-0.39, 0.29) is 16.9 Å². The molecule has 1 unspecified atom stereocenters. The number of ketones is 1. The number of Topliss-reactive ketones (excluding diaryl/α,β-unsaturated/α-hetero) is 1. The summed E-state index contributed by atoms with van der Waals surface area (Å²) in [7, 11) is 0. The predicted octanol–water partition coefficient (Wildman–Crippen LogP) is 4.85. The van der Waals surface area contributed by atoms with Gasteiger partial charge in [0.1, 0.15) is 17.3 Å². The third kappa shape index (κ3) is 3.80. The molecule has 6 heteroatoms. The molecule has 1 heterocycles. The Kier molecular flexibility index (Phi) is 5.54. The molecule has 5 nitrogen and oxygen atoms in total. The van der Waals surface area contributed by atoms with Crippen molar-refractivity contribution in [2.24, 2.45) is 0 Å². The molecule has 31 heavy (non-hydrogen) atoms. The Hall–Kier alpha value is -3.93. The highest BCUT2D eigenvalue weighted by atomic mass is 19.1. The molecule has 1 aliphatic heterocycles. The molecule has 1 aliphatic rings. The molecular weight excluding hydrogens is 397 g/mol. The van der Waals surface area contributed by atoms with Gasteiger partial charge in [0, 0.05) is 11.3 Å². The lowest BCUT2D eigenvalue weighted by Crippen LogP contribution is -2.29. The van der Waals surface area contributed by atoms with Crippen LogP contribution in [0.15, 0.2) is 84.4 Å². The van der Waals surface area contributed by atoms with Crippen molar-refractivity contribution in [2.45, 2.75) is 13.0 Å². The first-order chi connectivity index (χ1) is 15.0. The molecule has 0 spiro atoms. The second-order valence-corrected chi connectivity index (χ2v) is 7.01. The first-order valence-corrected chi connectivity index (χ1v) is 9.86. The molecular formula is C25H20FNO4. The van der Waals surface area contributed by atoms with Crippen LogP contribution in [0.5, 0.6) is 5.75 Å². The summed E-state index contributed by atoms with van der Waals surface area (Å²) in [5.74, 6) is -1.71. The van der Waals surface area contributed by atoms with E-state index in [1.165, 1.54) is 29.2 Å². The van der Waals surface area contributed by atoms with Gasteiger partial charge in [0.25, 0.3) is 11.7 Å². The van der Waals surface area contributed by atoms with E-state index >= 15 is 0 Å². The fourth-order valence-corrected chi connectivity index (χ4v) is 3.68. The van der Waals surface area contributed by atoms with Crippen LogP contribution in [0.4, 0.5) is 10.1 Å². The average molecular weight is 417 g/mol. The summed E-state index contributed by atoms with van der Waals surface area (Å²) < 4.78 is 18.8. The van der Waals surface area contributed by atoms with E-state index < -0.39 is 23.5 Å². The number of carbonyl (C=O) groups is 2. The molecule has 0 aromatic heterocycles. The quantitative estimate of drug-likeness (QED) is 0.366. The number of ether oxygens (including phenoxy) is 1. The number of para-hydroxylation sites is 1. The number of amides is 1. The van der Waals surface area contributed by atoms with Crippen LogP contribution in [0.2, 0.25) is 0 Å². The number of nitrogens with zero attached hydrogens (tertiary/aromatic N) is 1. The van der Waals surface area contributed by atoms with E-state index in [0.717, 1.165) is 0 Å². The summed E-state index contributed by atoms with van der Waals surface area (Å²) in [6.07, 6.45) is 0. The number of anilines is 1. The van der Waals surface area contributed by atoms with E-state index in [0.29, 0.717) is 23.6 Å². The average Bonchev–Trinajstić information content (AvgIpc) is 3.06. The molecule has 0 aliphatic carbocycles. The number of aliphatic hydroxyl groups excluding tert-OH is 1. The third-order valence-electron chi connectivity index (χ3n) is 5.10. The third-order valence-corrected chi connectivity index (χ3v) is 5.10. The van der Waals surface area contributed by atoms with Crippen molar-refractivity contribution in [2.75, 3.05) is 11.5 Å². The van der Waals surface area contributed by atoms with Gasteiger partial charge in [-0.3, -0.25) is 14.5 Å². The van der Waals surface area contributed by atoms with Crippen LogP contribution < -0.4 is 9.64 Å². The Balaban J connectivity index is 1.89. The first-order valence-electron chi connectivity index (χ1n) is 9.86. The monoisotopic (exact) mass is 417 g/mol. The van der Waals surface area contributed by atoms with E-state index in [1.807, 2.05) is 13.0 Å². The lowest BCUT2D eigenvalue weighted by molar-refractivity contribution is -0.132. The van der Waals surface area contributed by atoms with Gasteiger partial charge in [-0.1, -0.05) is 30.3 Å². The van der Waals surface area contributed by atoms with Crippen molar-refractivity contribution < 1.29 is 23.8 Å². The Morgan fingerprint density at radius 3 is 2.23 bits per heavy atom. The summed E-state index contributed by atoms with van der Waals surface area (Å²) >= 11 is 0. The largest absolute Gasteiger partial charge is 0.507 e. The Morgan fingerprint density at radius 2 is 1.61 bits per heavy atom. The van der Waals surface area contributed by atoms with Crippen LogP contribution >= 0.6 is 0 Å². The predicted molar refractivity (Wildman–Crippen MR) is 115 cm³/mol. The number of halogens is 1. The zero-order valence-corrected chi connectivity index (χ0v) is 16.8. The molecule has 0 saturated carbocycles. The van der Waals surface area contributed by atoms with E-state index in [9.17, 15) is 19.1 Å². The number of benzene rings is 3. The molecule has 1 fully saturated rings. The highest BCUT2D eigenvalue weighted by molar-refractivity contribution is 6.51. The highest BCUT2D eigenvalue weighted by Crippen LogP contribution is 2.42. The minimum absolute atomic E-state index is 0.0513. The van der Waals surface area contributed by atoms with Crippen molar-refractivity contribution in [1.82, 2.24) is 0 Å². The normalized spacial score (nSPS) is 17.7. The molecule has 3 aromatic rings. The summed E-state index contributed by atoms with van der Waals surface area (Å²) in [5, 5.41) is 11.0. The van der Waals surface area contributed by atoms with Gasteiger partial charge in [0.05, 0.1) is 18.2 Å². The van der Waals surface area contributed by atoms with Gasteiger partial charge in [0.2, 0.25) is 0 Å². The maximum absolute atomic E-state index is 13.4. The first kappa shape index (κ1) is 20.3. The minimum atomic E-state index is -0.844. The molecule has 1 saturated heterocycles. The fourth-order valence-electron chi connectivity index (χ4n) is 3.68. The topological polar surface area (TPSA) is 66.8 Å². The lowest BCUT2D eigenvalue weighted by atomic mass is 9.95. The molecule has 0 bridgehead atoms. The second-order valence-electron chi connectivity index (χ2n) is 7.01. The van der Waals surface area contributed by atoms with Gasteiger partial charge in [-0.15, -0.1) is 0 Å². The molecule has 3 aromatic carbocycles. The Morgan fingerprint density at radius 1 is 0.968 bits per heavy atom. The number of carbonyl (C=O) groups excluding carboxylic acids is 2. The molecule has 4 rings (SSSR count). The number of rotatable bonds is 5. The number of hydrogen-bond acceptors (Lipinski definition) is 4. The number of hydrogen-bond donors (Lipinski definition) is 1. The molecule has 156 valence electrons. The second kappa shape index (κ2) is 8.44. The van der Waals surface area contributed by atoms with Crippen molar-refractivity contribution in [3.05, 3.63) is 101 Å². The molecule has 1 N–H and O–H groups in total. The minimum Gasteiger partial charge on any atom is -0.507 e. The molecule has 0 radical (unpaired) electrons. The van der Waals surface area contributed by atoms with Crippen molar-refractivity contribution in [1.29, 1.82) is 0 Å². The van der Waals surface area contributed by atoms with Crippen LogP contribution in [0.3, 0.4) is 0 Å². The Labute approximate surface area is 179 Å². The van der Waals surface area contributed by atoms with Crippen LogP contribution in [0.25, 0.3) is 5.76 Å². The Bertz CT molecular complexity index is 1140. The standard InChI is InChI=1S/C25H20FNO4/c1-2-31-20-14-10-16(11-15-20)22-21(23(28)17-8-12-18(26)13-9-17)24(29)25(30)27(22)19-6-4-3-5-7-19/h3-15,22,28H,2H2,1H3/b23-21-. The van der Waals surface area contributed by atoms with Crippen LogP contribution in [0, 0.1) is 5.82 Å². The molecule has 1 atom stereocenters. The van der Waals surface area contributed by atoms with Gasteiger partial charge >= 0.3 is 0 Å². The van der Waals surface area contributed by atoms with Crippen LogP contribution in [-0.4, -0.2) is 23.4 Å². The van der Waals surface area contributed by atoms with Gasteiger partial charge in [-0.25, -0.2) is 4.39 Å². The van der Waals surface area contributed by atoms with Gasteiger partial charge in [-0.2, -0.15) is 0 Å². The summed E-state index contributed by atoms with van der Waals surface area (Å²) in [5.41, 5.74) is 1.37. The fraction of sp³-hybridized carbons (Fsp3) is 0.120. The van der Waals surface area contributed by atoms with E-state index in [4.69, 9.17) is 4.74 Å². The van der Waals surface area contributed by atoms with Crippen LogP contribution in [0.1, 0.15) is 24.1 Å². The number of aliphatic hydroxyl groups is 1. The zero-order chi connectivity index (χ0) is 22.0.